The van der Waals surface area contributed by atoms with Crippen LogP contribution < -0.4 is 18.4 Å². The van der Waals surface area contributed by atoms with E-state index in [0.29, 0.717) is 33.7 Å². The van der Waals surface area contributed by atoms with Crippen molar-refractivity contribution in [2.75, 3.05) is 23.7 Å². The molecule has 41 heavy (non-hydrogen) atoms. The molecule has 2 aromatic carbocycles. The Kier molecular flexibility index (Phi) is 9.45. The van der Waals surface area contributed by atoms with Crippen LogP contribution in [-0.2, 0) is 16.6 Å². The number of nitrogens with one attached hydrogen (secondary N) is 2. The van der Waals surface area contributed by atoms with Crippen molar-refractivity contribution in [2.45, 2.75) is 67.2 Å². The Morgan fingerprint density at radius 3 is 1.37 bits per heavy atom. The molecule has 220 valence electrons. The SMILES string of the molecule is CCC(C)(C)CNc1ccc(F)[c]([Ti]([C]2=CC=CC2)([C]2=CC=CC2)[c]2c(F)ccc(NCC(C)(C)CC)c2F)c1F. The van der Waals surface area contributed by atoms with Crippen LogP contribution in [0.4, 0.5) is 28.9 Å². The monoisotopic (exact) mass is 602 g/mol. The van der Waals surface area contributed by atoms with Gasteiger partial charge in [0.05, 0.1) is 0 Å². The van der Waals surface area contributed by atoms with E-state index in [1.165, 1.54) is 24.3 Å². The van der Waals surface area contributed by atoms with Gasteiger partial charge in [0.1, 0.15) is 0 Å². The summed E-state index contributed by atoms with van der Waals surface area (Å²) >= 11 is -4.85. The summed E-state index contributed by atoms with van der Waals surface area (Å²) in [4.78, 5) is 0. The van der Waals surface area contributed by atoms with Gasteiger partial charge in [-0.05, 0) is 0 Å². The van der Waals surface area contributed by atoms with Crippen LogP contribution in [0.5, 0.6) is 0 Å². The number of allylic oxidation sites excluding steroid dienone is 8. The Balaban J connectivity index is 2.02. The first-order chi connectivity index (χ1) is 19.4. The molecule has 4 rings (SSSR count). The number of halogens is 4. The number of anilines is 2. The van der Waals surface area contributed by atoms with E-state index in [2.05, 4.69) is 52.2 Å². The van der Waals surface area contributed by atoms with Crippen molar-refractivity contribution >= 4 is 19.1 Å². The van der Waals surface area contributed by atoms with E-state index in [1.54, 1.807) is 0 Å². The van der Waals surface area contributed by atoms with E-state index in [9.17, 15) is 0 Å². The molecule has 0 unspecified atom stereocenters. The fourth-order valence-electron chi connectivity index (χ4n) is 5.41. The fourth-order valence-corrected chi connectivity index (χ4v) is 13.7. The summed E-state index contributed by atoms with van der Waals surface area (Å²) in [5.74, 6) is -3.07. The second kappa shape index (κ2) is 12.3. The van der Waals surface area contributed by atoms with Crippen molar-refractivity contribution in [3.05, 3.63) is 91.7 Å². The molecule has 0 fully saturated rings. The number of benzene rings is 2. The molecule has 0 bridgehead atoms. The molecule has 7 heteroatoms. The predicted octanol–water partition coefficient (Wildman–Crippen LogP) is 8.73. The van der Waals surface area contributed by atoms with E-state index in [4.69, 9.17) is 0 Å². The van der Waals surface area contributed by atoms with Gasteiger partial charge in [0.15, 0.2) is 0 Å². The molecule has 2 N–H and O–H groups in total. The van der Waals surface area contributed by atoms with Crippen LogP contribution in [0.1, 0.15) is 67.2 Å². The third kappa shape index (κ3) is 6.15. The Bertz CT molecular complexity index is 1310. The van der Waals surface area contributed by atoms with Gasteiger partial charge in [-0.15, -0.1) is 0 Å². The Morgan fingerprint density at radius 2 is 1.05 bits per heavy atom. The molecule has 2 nitrogen and oxygen atoms in total. The van der Waals surface area contributed by atoms with Gasteiger partial charge in [-0.25, -0.2) is 0 Å². The first-order valence-corrected chi connectivity index (χ1v) is 17.7. The molecule has 2 aliphatic carbocycles. The zero-order chi connectivity index (χ0) is 30.0. The summed E-state index contributed by atoms with van der Waals surface area (Å²) in [5, 5.41) is 6.36. The van der Waals surface area contributed by atoms with Crippen LogP contribution in [0.3, 0.4) is 0 Å². The summed E-state index contributed by atoms with van der Waals surface area (Å²) < 4.78 is 67.0. The molecular weight excluding hydrogens is 560 g/mol. The summed E-state index contributed by atoms with van der Waals surface area (Å²) in [6.07, 6.45) is 13.5. The minimum absolute atomic E-state index is 0.125. The molecular formula is C34H42F4N2Ti. The van der Waals surface area contributed by atoms with Gasteiger partial charge in [-0.1, -0.05) is 0 Å². The topological polar surface area (TPSA) is 24.1 Å². The molecule has 0 radical (unpaired) electrons. The maximum absolute atomic E-state index is 16.8. The molecule has 0 amide bonds. The fraction of sp³-hybridized carbons (Fsp3) is 0.412. The summed E-state index contributed by atoms with van der Waals surface area (Å²) in [5.41, 5.74) is 0.0474. The summed E-state index contributed by atoms with van der Waals surface area (Å²) in [7, 11) is 0. The molecule has 0 saturated carbocycles. The first-order valence-electron chi connectivity index (χ1n) is 14.5. The quantitative estimate of drug-likeness (QED) is 0.188. The van der Waals surface area contributed by atoms with E-state index in [1.807, 2.05) is 36.5 Å². The van der Waals surface area contributed by atoms with Gasteiger partial charge in [0.25, 0.3) is 0 Å². The molecule has 0 spiro atoms. The second-order valence-electron chi connectivity index (χ2n) is 12.7. The van der Waals surface area contributed by atoms with Gasteiger partial charge in [0.2, 0.25) is 0 Å². The van der Waals surface area contributed by atoms with Crippen LogP contribution in [0.15, 0.2) is 68.5 Å². The van der Waals surface area contributed by atoms with Gasteiger partial charge in [-0.3, -0.25) is 0 Å². The molecule has 0 atom stereocenters. The Labute approximate surface area is 246 Å². The van der Waals surface area contributed by atoms with E-state index in [0.717, 1.165) is 12.8 Å². The van der Waals surface area contributed by atoms with Crippen LogP contribution >= 0.6 is 0 Å². The zero-order valence-electron chi connectivity index (χ0n) is 25.0. The molecule has 0 saturated heterocycles. The normalized spacial score (nSPS) is 15.4. The van der Waals surface area contributed by atoms with Crippen LogP contribution in [-0.4, -0.2) is 13.1 Å². The maximum atomic E-state index is 16.8. The summed E-state index contributed by atoms with van der Waals surface area (Å²) in [6, 6.07) is 5.28. The van der Waals surface area contributed by atoms with Gasteiger partial charge in [-0.2, -0.15) is 0 Å². The van der Waals surface area contributed by atoms with Gasteiger partial charge in [0, 0.05) is 0 Å². The van der Waals surface area contributed by atoms with E-state index >= 15 is 17.6 Å². The van der Waals surface area contributed by atoms with Crippen molar-refractivity contribution < 1.29 is 34.2 Å². The number of rotatable bonds is 12. The van der Waals surface area contributed by atoms with Crippen molar-refractivity contribution in [1.82, 2.24) is 0 Å². The van der Waals surface area contributed by atoms with Crippen LogP contribution in [0, 0.1) is 34.1 Å². The standard InChI is InChI=1S/2C12H16F2N.2C5H5.Ti/c2*1-4-12(2,3)8-15-11-6-5-9(13)7-10(11)14;2*1-2-4-5-3-1;/h2*5-6,15H,4,8H2,1-3H3;2*1-3H,4H2;. The van der Waals surface area contributed by atoms with Gasteiger partial charge < -0.3 is 0 Å². The van der Waals surface area contributed by atoms with Crippen molar-refractivity contribution in [1.29, 1.82) is 0 Å². The van der Waals surface area contributed by atoms with Crippen LogP contribution in [0.2, 0.25) is 0 Å². The van der Waals surface area contributed by atoms with Crippen LogP contribution in [0.25, 0.3) is 0 Å². The second-order valence-corrected chi connectivity index (χ2v) is 18.6. The summed E-state index contributed by atoms with van der Waals surface area (Å²) in [6.45, 7) is 13.3. The number of hydrogen-bond acceptors (Lipinski definition) is 2. The van der Waals surface area contributed by atoms with Crippen molar-refractivity contribution in [2.24, 2.45) is 10.8 Å². The average Bonchev–Trinajstić information content (AvgIpc) is 3.67. The molecule has 2 aliphatic rings. The first kappa shape index (κ1) is 31.4. The van der Waals surface area contributed by atoms with Gasteiger partial charge >= 0.3 is 247 Å². The third-order valence-corrected chi connectivity index (χ3v) is 16.8. The zero-order valence-corrected chi connectivity index (χ0v) is 26.6. The molecule has 2 aromatic rings. The molecule has 0 aromatic heterocycles. The minimum atomic E-state index is -4.85. The average molecular weight is 603 g/mol. The number of hydrogen-bond donors (Lipinski definition) is 2. The van der Waals surface area contributed by atoms with E-state index in [-0.39, 0.29) is 29.9 Å². The van der Waals surface area contributed by atoms with Crippen molar-refractivity contribution in [3.63, 3.8) is 0 Å². The Morgan fingerprint density at radius 1 is 0.659 bits per heavy atom. The third-order valence-electron chi connectivity index (χ3n) is 8.87. The molecule has 0 heterocycles. The van der Waals surface area contributed by atoms with E-state index < -0.39 is 39.9 Å². The Hall–Kier alpha value is -2.57. The predicted molar refractivity (Wildman–Crippen MR) is 161 cm³/mol. The van der Waals surface area contributed by atoms with Crippen molar-refractivity contribution in [3.8, 4) is 0 Å². The molecule has 0 aliphatic heterocycles.